The molecule has 3 amide bonds. The van der Waals surface area contributed by atoms with Crippen molar-refractivity contribution >= 4 is 61.1 Å². The molecule has 0 radical (unpaired) electrons. The Morgan fingerprint density at radius 1 is 1.03 bits per heavy atom. The fraction of sp³-hybridized carbons (Fsp3) is 0.360. The number of ether oxygens (including phenoxy) is 1. The molecule has 3 aliphatic rings. The van der Waals surface area contributed by atoms with E-state index in [0.717, 1.165) is 16.1 Å². The van der Waals surface area contributed by atoms with Crippen molar-refractivity contribution in [3.63, 3.8) is 0 Å². The summed E-state index contributed by atoms with van der Waals surface area (Å²) in [6.07, 6.45) is 0.690. The molecule has 1 heterocycles. The molecule has 2 aromatic carbocycles. The lowest BCUT2D eigenvalue weighted by atomic mass is 9.81. The van der Waals surface area contributed by atoms with Crippen LogP contribution in [0.2, 0.25) is 0 Å². The standard InChI is InChI=1S/C25H21Br2N3O7/c1-37-13-8-6-12(7-9-13)18(31)11-28(23(32)14-4-2-3-5-17(14)30(35)36)29-24(33)19-15-10-16(20(19)25(29)34)22(27)21(15)26/h2-9,15-16,19-22H,10-11H2,1H3/t15-,16-,19-,20+,21-,22+/m1/s1. The van der Waals surface area contributed by atoms with Gasteiger partial charge in [0.2, 0.25) is 0 Å². The molecule has 0 spiro atoms. The van der Waals surface area contributed by atoms with Crippen LogP contribution in [0.15, 0.2) is 48.5 Å². The number of rotatable bonds is 7. The topological polar surface area (TPSA) is 127 Å². The third kappa shape index (κ3) is 4.06. The van der Waals surface area contributed by atoms with Crippen molar-refractivity contribution in [3.8, 4) is 5.75 Å². The smallest absolute Gasteiger partial charge is 0.282 e. The summed E-state index contributed by atoms with van der Waals surface area (Å²) in [7, 11) is 1.48. The van der Waals surface area contributed by atoms with Gasteiger partial charge in [0.15, 0.2) is 5.78 Å². The summed E-state index contributed by atoms with van der Waals surface area (Å²) in [5, 5.41) is 13.1. The SMILES string of the molecule is COc1ccc(C(=O)CN(C(=O)c2ccccc2[N+](=O)[O-])N2C(=O)[C@@H]3[C@H]4C[C@@H]([C@H](Br)[C@@H]4Br)[C@@H]3C2=O)cc1. The molecule has 0 aromatic heterocycles. The number of imide groups is 1. The van der Waals surface area contributed by atoms with Crippen LogP contribution in [0.25, 0.3) is 0 Å². The molecule has 10 nitrogen and oxygen atoms in total. The Labute approximate surface area is 228 Å². The second kappa shape index (κ2) is 9.64. The van der Waals surface area contributed by atoms with E-state index in [1.807, 2.05) is 0 Å². The van der Waals surface area contributed by atoms with Gasteiger partial charge in [0, 0.05) is 21.3 Å². The van der Waals surface area contributed by atoms with Gasteiger partial charge in [0.05, 0.1) is 23.9 Å². The summed E-state index contributed by atoms with van der Waals surface area (Å²) in [6, 6.07) is 11.4. The van der Waals surface area contributed by atoms with E-state index in [1.165, 1.54) is 37.4 Å². The summed E-state index contributed by atoms with van der Waals surface area (Å²) in [4.78, 5) is 65.1. The number of carbonyl (C=O) groups excluding carboxylic acids is 4. The number of hydrazine groups is 1. The predicted molar refractivity (Wildman–Crippen MR) is 137 cm³/mol. The van der Waals surface area contributed by atoms with Gasteiger partial charge in [-0.2, -0.15) is 5.01 Å². The fourth-order valence-electron chi connectivity index (χ4n) is 5.76. The second-order valence-electron chi connectivity index (χ2n) is 9.28. The first kappa shape index (κ1) is 25.5. The van der Waals surface area contributed by atoms with Gasteiger partial charge in [-0.05, 0) is 48.6 Å². The number of nitro benzene ring substituents is 1. The van der Waals surface area contributed by atoms with Crippen LogP contribution in [0, 0.1) is 33.8 Å². The maximum Gasteiger partial charge on any atom is 0.282 e. The van der Waals surface area contributed by atoms with E-state index in [-0.39, 0.29) is 32.6 Å². The summed E-state index contributed by atoms with van der Waals surface area (Å²) in [6.45, 7) is -0.654. The first-order valence-electron chi connectivity index (χ1n) is 11.5. The molecule has 12 heteroatoms. The number of carbonyl (C=O) groups is 4. The molecule has 1 saturated heterocycles. The minimum absolute atomic E-state index is 0.0178. The Kier molecular flexibility index (Phi) is 6.65. The molecule has 0 unspecified atom stereocenters. The van der Waals surface area contributed by atoms with E-state index in [2.05, 4.69) is 31.9 Å². The van der Waals surface area contributed by atoms with Crippen LogP contribution in [-0.4, -0.2) is 61.8 Å². The Bertz CT molecular complexity index is 1290. The van der Waals surface area contributed by atoms with Gasteiger partial charge in [-0.3, -0.25) is 29.3 Å². The van der Waals surface area contributed by atoms with E-state index in [0.29, 0.717) is 12.2 Å². The highest BCUT2D eigenvalue weighted by molar-refractivity contribution is 9.12. The number of fused-ring (bicyclic) bond motifs is 5. The fourth-order valence-corrected chi connectivity index (χ4v) is 7.63. The Morgan fingerprint density at radius 2 is 1.59 bits per heavy atom. The summed E-state index contributed by atoms with van der Waals surface area (Å²) in [5.74, 6) is -3.63. The minimum atomic E-state index is -0.978. The Hall–Kier alpha value is -3.12. The monoisotopic (exact) mass is 633 g/mol. The number of methoxy groups -OCH3 is 1. The first-order valence-corrected chi connectivity index (χ1v) is 13.4. The Morgan fingerprint density at radius 3 is 2.14 bits per heavy atom. The third-order valence-electron chi connectivity index (χ3n) is 7.48. The lowest BCUT2D eigenvalue weighted by Crippen LogP contribution is -2.52. The number of nitro groups is 1. The number of ketones is 1. The van der Waals surface area contributed by atoms with Crippen LogP contribution in [0.4, 0.5) is 5.69 Å². The number of hydrogen-bond donors (Lipinski definition) is 0. The largest absolute Gasteiger partial charge is 0.497 e. The van der Waals surface area contributed by atoms with E-state index in [4.69, 9.17) is 4.74 Å². The van der Waals surface area contributed by atoms with Crippen molar-refractivity contribution in [2.24, 2.45) is 23.7 Å². The zero-order valence-corrected chi connectivity index (χ0v) is 22.6. The van der Waals surface area contributed by atoms with Gasteiger partial charge in [-0.1, -0.05) is 44.0 Å². The summed E-state index contributed by atoms with van der Waals surface area (Å²) in [5.41, 5.74) is -0.594. The molecule has 2 aliphatic carbocycles. The lowest BCUT2D eigenvalue weighted by molar-refractivity contribution is -0.385. The van der Waals surface area contributed by atoms with E-state index >= 15 is 0 Å². The van der Waals surface area contributed by atoms with Crippen LogP contribution in [0.1, 0.15) is 27.1 Å². The average Bonchev–Trinajstić information content (AvgIpc) is 3.51. The molecule has 1 aliphatic heterocycles. The minimum Gasteiger partial charge on any atom is -0.497 e. The second-order valence-corrected chi connectivity index (χ2v) is 11.4. The van der Waals surface area contributed by atoms with Gasteiger partial charge in [0.25, 0.3) is 23.4 Å². The molecule has 2 saturated carbocycles. The molecule has 0 N–H and O–H groups in total. The highest BCUT2D eigenvalue weighted by Gasteiger charge is 2.67. The number of amides is 3. The predicted octanol–water partition coefficient (Wildman–Crippen LogP) is 3.62. The van der Waals surface area contributed by atoms with Gasteiger partial charge >= 0.3 is 0 Å². The quantitative estimate of drug-likeness (QED) is 0.150. The first-order chi connectivity index (χ1) is 17.6. The molecule has 37 heavy (non-hydrogen) atoms. The van der Waals surface area contributed by atoms with Crippen LogP contribution in [0.3, 0.4) is 0 Å². The lowest BCUT2D eigenvalue weighted by Gasteiger charge is -2.30. The number of Topliss-reactive ketones (excluding diaryl/α,β-unsaturated/α-hetero) is 1. The number of nitrogens with zero attached hydrogens (tertiary/aromatic N) is 3. The third-order valence-corrected chi connectivity index (χ3v) is 10.7. The Balaban J connectivity index is 1.53. The van der Waals surface area contributed by atoms with Crippen molar-refractivity contribution in [2.45, 2.75) is 16.1 Å². The molecule has 2 aromatic rings. The molecule has 192 valence electrons. The zero-order valence-electron chi connectivity index (χ0n) is 19.5. The molecule has 6 atom stereocenters. The number of benzene rings is 2. The van der Waals surface area contributed by atoms with Crippen LogP contribution in [-0.2, 0) is 9.59 Å². The van der Waals surface area contributed by atoms with Gasteiger partial charge in [0.1, 0.15) is 17.9 Å². The van der Waals surface area contributed by atoms with Crippen molar-refractivity contribution in [1.29, 1.82) is 0 Å². The van der Waals surface area contributed by atoms with Crippen molar-refractivity contribution in [3.05, 3.63) is 69.8 Å². The van der Waals surface area contributed by atoms with Crippen LogP contribution < -0.4 is 4.74 Å². The number of halogens is 2. The molecule has 5 rings (SSSR count). The normalized spacial score (nSPS) is 27.8. The maximum absolute atomic E-state index is 13.7. The number of alkyl halides is 2. The molecule has 2 bridgehead atoms. The van der Waals surface area contributed by atoms with Crippen molar-refractivity contribution in [1.82, 2.24) is 10.0 Å². The molecule has 3 fully saturated rings. The summed E-state index contributed by atoms with van der Waals surface area (Å²) < 4.78 is 5.11. The average molecular weight is 635 g/mol. The van der Waals surface area contributed by atoms with Gasteiger partial charge in [-0.15, -0.1) is 0 Å². The van der Waals surface area contributed by atoms with E-state index < -0.39 is 52.5 Å². The van der Waals surface area contributed by atoms with E-state index in [9.17, 15) is 29.3 Å². The number of hydrogen-bond acceptors (Lipinski definition) is 7. The molecular weight excluding hydrogens is 614 g/mol. The number of para-hydroxylation sites is 1. The summed E-state index contributed by atoms with van der Waals surface area (Å²) >= 11 is 7.25. The van der Waals surface area contributed by atoms with Crippen LogP contribution in [0.5, 0.6) is 5.75 Å². The van der Waals surface area contributed by atoms with Crippen molar-refractivity contribution < 1.29 is 28.8 Å². The van der Waals surface area contributed by atoms with E-state index in [1.54, 1.807) is 12.1 Å². The zero-order chi connectivity index (χ0) is 26.6. The highest BCUT2D eigenvalue weighted by Crippen LogP contribution is 2.60. The molecular formula is C25H21Br2N3O7. The van der Waals surface area contributed by atoms with Crippen LogP contribution >= 0.6 is 31.9 Å². The maximum atomic E-state index is 13.7. The van der Waals surface area contributed by atoms with Gasteiger partial charge in [-0.25, -0.2) is 5.01 Å². The van der Waals surface area contributed by atoms with Crippen molar-refractivity contribution in [2.75, 3.05) is 13.7 Å². The highest BCUT2D eigenvalue weighted by atomic mass is 79.9. The van der Waals surface area contributed by atoms with Gasteiger partial charge < -0.3 is 4.74 Å².